The highest BCUT2D eigenvalue weighted by Gasteiger charge is 1.95. The van der Waals surface area contributed by atoms with Crippen molar-refractivity contribution in [3.8, 4) is 0 Å². The van der Waals surface area contributed by atoms with Crippen LogP contribution < -0.4 is 5.32 Å². The van der Waals surface area contributed by atoms with Crippen LogP contribution in [-0.4, -0.2) is 13.6 Å². The zero-order chi connectivity index (χ0) is 7.98. The Morgan fingerprint density at radius 1 is 1.20 bits per heavy atom. The van der Waals surface area contributed by atoms with Crippen LogP contribution in [0.25, 0.3) is 0 Å². The number of rotatable bonds is 4. The normalized spacial score (nSPS) is 9.60. The van der Waals surface area contributed by atoms with Gasteiger partial charge in [0.05, 0.1) is 0 Å². The van der Waals surface area contributed by atoms with Gasteiger partial charge in [0.15, 0.2) is 0 Å². The Morgan fingerprint density at radius 3 is 2.00 bits per heavy atom. The minimum Gasteiger partial charge on any atom is -0.316 e. The van der Waals surface area contributed by atoms with E-state index in [2.05, 4.69) is 26.1 Å². The summed E-state index contributed by atoms with van der Waals surface area (Å²) in [5.41, 5.74) is 3.10. The van der Waals surface area contributed by atoms with Crippen molar-refractivity contribution in [1.29, 1.82) is 0 Å². The fourth-order valence-corrected chi connectivity index (χ4v) is 1.24. The Labute approximate surface area is 64.5 Å². The second-order valence-corrected chi connectivity index (χ2v) is 2.62. The first-order chi connectivity index (χ1) is 4.76. The first-order valence-electron chi connectivity index (χ1n) is 4.08. The summed E-state index contributed by atoms with van der Waals surface area (Å²) in [6.45, 7) is 7.69. The van der Waals surface area contributed by atoms with Gasteiger partial charge in [-0.3, -0.25) is 0 Å². The fourth-order valence-electron chi connectivity index (χ4n) is 1.24. The molecule has 0 heterocycles. The molecule has 0 atom stereocenters. The Bertz CT molecular complexity index is 108. The van der Waals surface area contributed by atoms with Gasteiger partial charge in [0.25, 0.3) is 0 Å². The van der Waals surface area contributed by atoms with E-state index >= 15 is 0 Å². The highest BCUT2D eigenvalue weighted by molar-refractivity contribution is 5.12. The summed E-state index contributed by atoms with van der Waals surface area (Å²) in [6.07, 6.45) is 2.40. The predicted octanol–water partition coefficient (Wildman–Crippen LogP) is 2.34. The number of likely N-dealkylation sites (N-methyl/N-ethyl adjacent to an activating group) is 1. The number of hydrogen-bond acceptors (Lipinski definition) is 1. The average Bonchev–Trinajstić information content (AvgIpc) is 1.91. The van der Waals surface area contributed by atoms with Crippen LogP contribution in [0.3, 0.4) is 0 Å². The van der Waals surface area contributed by atoms with Crippen LogP contribution in [-0.2, 0) is 0 Å². The lowest BCUT2D eigenvalue weighted by Crippen LogP contribution is -2.10. The largest absolute Gasteiger partial charge is 0.316 e. The molecule has 0 fully saturated rings. The van der Waals surface area contributed by atoms with Crippen LogP contribution in [0.4, 0.5) is 0 Å². The lowest BCUT2D eigenvalue weighted by Gasteiger charge is -2.06. The van der Waals surface area contributed by atoms with Gasteiger partial charge < -0.3 is 5.32 Å². The Hall–Kier alpha value is -0.300. The van der Waals surface area contributed by atoms with Crippen LogP contribution in [0, 0.1) is 0 Å². The lowest BCUT2D eigenvalue weighted by atomic mass is 10.1. The van der Waals surface area contributed by atoms with Gasteiger partial charge >= 0.3 is 0 Å². The first kappa shape index (κ1) is 9.70. The maximum atomic E-state index is 3.16. The lowest BCUT2D eigenvalue weighted by molar-refractivity contribution is 0.837. The molecular formula is C9H19N. The van der Waals surface area contributed by atoms with Crippen LogP contribution in [0.2, 0.25) is 0 Å². The van der Waals surface area contributed by atoms with Gasteiger partial charge in [-0.2, -0.15) is 0 Å². The van der Waals surface area contributed by atoms with Crippen molar-refractivity contribution in [3.05, 3.63) is 11.1 Å². The minimum atomic E-state index is 1.04. The standard InChI is InChI=1S/C9H19N/c1-5-9(6-2)8(3)7-10-4/h10H,5-7H2,1-4H3. The summed E-state index contributed by atoms with van der Waals surface area (Å²) in [6, 6.07) is 0. The highest BCUT2D eigenvalue weighted by Crippen LogP contribution is 2.10. The van der Waals surface area contributed by atoms with Crippen LogP contribution in [0.15, 0.2) is 11.1 Å². The summed E-state index contributed by atoms with van der Waals surface area (Å²) in [5, 5.41) is 3.16. The van der Waals surface area contributed by atoms with E-state index in [0.29, 0.717) is 0 Å². The molecule has 1 heteroatoms. The highest BCUT2D eigenvalue weighted by atomic mass is 14.8. The third kappa shape index (κ3) is 3.02. The number of hydrogen-bond donors (Lipinski definition) is 1. The summed E-state index contributed by atoms with van der Waals surface area (Å²) in [7, 11) is 1.99. The Kier molecular flexibility index (Phi) is 5.32. The molecule has 0 aromatic carbocycles. The molecule has 0 aromatic rings. The second-order valence-electron chi connectivity index (χ2n) is 2.62. The molecule has 0 bridgehead atoms. The number of allylic oxidation sites excluding steroid dienone is 1. The molecule has 0 unspecified atom stereocenters. The summed E-state index contributed by atoms with van der Waals surface area (Å²) >= 11 is 0. The maximum Gasteiger partial charge on any atom is 0.0161 e. The zero-order valence-corrected chi connectivity index (χ0v) is 7.62. The van der Waals surface area contributed by atoms with Crippen molar-refractivity contribution in [2.24, 2.45) is 0 Å². The maximum absolute atomic E-state index is 3.16. The molecule has 0 aliphatic rings. The molecule has 60 valence electrons. The molecule has 10 heavy (non-hydrogen) atoms. The van der Waals surface area contributed by atoms with Crippen molar-refractivity contribution >= 4 is 0 Å². The average molecular weight is 141 g/mol. The molecule has 0 aliphatic carbocycles. The van der Waals surface area contributed by atoms with Gasteiger partial charge in [-0.25, -0.2) is 0 Å². The molecule has 0 saturated heterocycles. The molecular weight excluding hydrogens is 122 g/mol. The van der Waals surface area contributed by atoms with Gasteiger partial charge in [-0.1, -0.05) is 25.0 Å². The molecule has 0 aromatic heterocycles. The molecule has 0 amide bonds. The SMILES string of the molecule is CCC(CC)=C(C)CNC. The molecule has 0 aliphatic heterocycles. The van der Waals surface area contributed by atoms with Gasteiger partial charge in [-0.15, -0.1) is 0 Å². The molecule has 0 spiro atoms. The predicted molar refractivity (Wildman–Crippen MR) is 47.2 cm³/mol. The molecule has 1 nitrogen and oxygen atoms in total. The Balaban J connectivity index is 3.98. The van der Waals surface area contributed by atoms with E-state index in [1.54, 1.807) is 5.57 Å². The van der Waals surface area contributed by atoms with Crippen molar-refractivity contribution in [1.82, 2.24) is 5.32 Å². The molecule has 0 saturated carbocycles. The van der Waals surface area contributed by atoms with Gasteiger partial charge in [-0.05, 0) is 26.8 Å². The second kappa shape index (κ2) is 5.48. The van der Waals surface area contributed by atoms with Crippen LogP contribution >= 0.6 is 0 Å². The minimum absolute atomic E-state index is 1.04. The van der Waals surface area contributed by atoms with Gasteiger partial charge in [0.1, 0.15) is 0 Å². The van der Waals surface area contributed by atoms with Crippen molar-refractivity contribution in [2.75, 3.05) is 13.6 Å². The van der Waals surface area contributed by atoms with E-state index < -0.39 is 0 Å². The topological polar surface area (TPSA) is 12.0 Å². The number of nitrogens with one attached hydrogen (secondary N) is 1. The van der Waals surface area contributed by atoms with E-state index in [0.717, 1.165) is 6.54 Å². The van der Waals surface area contributed by atoms with Crippen molar-refractivity contribution < 1.29 is 0 Å². The summed E-state index contributed by atoms with van der Waals surface area (Å²) < 4.78 is 0. The third-order valence-corrected chi connectivity index (χ3v) is 1.90. The van der Waals surface area contributed by atoms with E-state index in [1.165, 1.54) is 18.4 Å². The smallest absolute Gasteiger partial charge is 0.0161 e. The van der Waals surface area contributed by atoms with E-state index in [9.17, 15) is 0 Å². The molecule has 0 rings (SSSR count). The Morgan fingerprint density at radius 2 is 1.70 bits per heavy atom. The molecule has 0 radical (unpaired) electrons. The van der Waals surface area contributed by atoms with Gasteiger partial charge in [0.2, 0.25) is 0 Å². The fraction of sp³-hybridized carbons (Fsp3) is 0.778. The molecule has 1 N–H and O–H groups in total. The van der Waals surface area contributed by atoms with Crippen molar-refractivity contribution in [2.45, 2.75) is 33.6 Å². The first-order valence-corrected chi connectivity index (χ1v) is 4.08. The third-order valence-electron chi connectivity index (χ3n) is 1.90. The summed E-state index contributed by atoms with van der Waals surface area (Å²) in [5.74, 6) is 0. The van der Waals surface area contributed by atoms with Crippen LogP contribution in [0.5, 0.6) is 0 Å². The monoisotopic (exact) mass is 141 g/mol. The van der Waals surface area contributed by atoms with Crippen LogP contribution in [0.1, 0.15) is 33.6 Å². The zero-order valence-electron chi connectivity index (χ0n) is 7.62. The van der Waals surface area contributed by atoms with E-state index in [1.807, 2.05) is 7.05 Å². The summed E-state index contributed by atoms with van der Waals surface area (Å²) in [4.78, 5) is 0. The van der Waals surface area contributed by atoms with E-state index in [-0.39, 0.29) is 0 Å². The van der Waals surface area contributed by atoms with Gasteiger partial charge in [0, 0.05) is 6.54 Å². The van der Waals surface area contributed by atoms with E-state index in [4.69, 9.17) is 0 Å². The quantitative estimate of drug-likeness (QED) is 0.592. The van der Waals surface area contributed by atoms with Crippen molar-refractivity contribution in [3.63, 3.8) is 0 Å².